The number of hydrogen-bond acceptors (Lipinski definition) is 2. The third-order valence-electron chi connectivity index (χ3n) is 2.88. The molecular weight excluding hydrogens is 274 g/mol. The van der Waals surface area contributed by atoms with Crippen LogP contribution < -0.4 is 5.32 Å². The van der Waals surface area contributed by atoms with Gasteiger partial charge in [0.1, 0.15) is 0 Å². The predicted molar refractivity (Wildman–Crippen MR) is 70.7 cm³/mol. The Morgan fingerprint density at radius 1 is 1.33 bits per heavy atom. The van der Waals surface area contributed by atoms with E-state index in [0.717, 1.165) is 18.1 Å². The van der Waals surface area contributed by atoms with E-state index in [-0.39, 0.29) is 5.91 Å². The number of alkyl halides is 1. The van der Waals surface area contributed by atoms with E-state index in [9.17, 15) is 4.79 Å². The summed E-state index contributed by atoms with van der Waals surface area (Å²) in [6.45, 7) is 3.77. The van der Waals surface area contributed by atoms with Crippen molar-refractivity contribution in [3.05, 3.63) is 0 Å². The minimum atomic E-state index is -0.441. The molecule has 88 valence electrons. The average molecular weight is 294 g/mol. The van der Waals surface area contributed by atoms with Crippen LogP contribution in [0.1, 0.15) is 39.5 Å². The molecule has 1 aliphatic rings. The van der Waals surface area contributed by atoms with Gasteiger partial charge in [0.2, 0.25) is 5.91 Å². The van der Waals surface area contributed by atoms with E-state index in [1.807, 2.05) is 25.6 Å². The first-order chi connectivity index (χ1) is 6.93. The second-order valence-corrected chi connectivity index (χ2v) is 7.78. The van der Waals surface area contributed by atoms with Crippen molar-refractivity contribution < 1.29 is 4.79 Å². The van der Waals surface area contributed by atoms with E-state index in [1.165, 1.54) is 12.8 Å². The second kappa shape index (κ2) is 5.58. The van der Waals surface area contributed by atoms with Crippen molar-refractivity contribution in [3.63, 3.8) is 0 Å². The van der Waals surface area contributed by atoms with Crippen LogP contribution in [0.4, 0.5) is 0 Å². The number of carbonyl (C=O) groups excluding carboxylic acids is 1. The minimum absolute atomic E-state index is 0.107. The maximum Gasteiger partial charge on any atom is 0.236 e. The fraction of sp³-hybridized carbons (Fsp3) is 0.909. The van der Waals surface area contributed by atoms with Gasteiger partial charge < -0.3 is 5.32 Å². The smallest absolute Gasteiger partial charge is 0.236 e. The van der Waals surface area contributed by atoms with Crippen LogP contribution in [0.5, 0.6) is 0 Å². The summed E-state index contributed by atoms with van der Waals surface area (Å²) in [6, 6.07) is 0.387. The van der Waals surface area contributed by atoms with Gasteiger partial charge in [-0.25, -0.2) is 0 Å². The van der Waals surface area contributed by atoms with Crippen molar-refractivity contribution in [1.82, 2.24) is 5.32 Å². The lowest BCUT2D eigenvalue weighted by Crippen LogP contribution is -2.45. The van der Waals surface area contributed by atoms with Gasteiger partial charge in [0.25, 0.3) is 0 Å². The van der Waals surface area contributed by atoms with Gasteiger partial charge in [0, 0.05) is 11.3 Å². The summed E-state index contributed by atoms with van der Waals surface area (Å²) in [4.78, 5) is 11.7. The lowest BCUT2D eigenvalue weighted by atomic mass is 9.94. The lowest BCUT2D eigenvalue weighted by Gasteiger charge is -2.29. The fourth-order valence-corrected chi connectivity index (χ4v) is 2.66. The molecule has 15 heavy (non-hydrogen) atoms. The molecule has 1 N–H and O–H groups in total. The molecule has 1 aliphatic carbocycles. The molecule has 1 saturated carbocycles. The summed E-state index contributed by atoms with van der Waals surface area (Å²) in [5, 5.41) is 3.91. The number of thioether (sulfide) groups is 1. The first kappa shape index (κ1) is 13.4. The minimum Gasteiger partial charge on any atom is -0.352 e. The number of rotatable bonds is 3. The Morgan fingerprint density at radius 3 is 2.27 bits per heavy atom. The van der Waals surface area contributed by atoms with Crippen LogP contribution in [0.25, 0.3) is 0 Å². The Kier molecular flexibility index (Phi) is 4.97. The van der Waals surface area contributed by atoms with Gasteiger partial charge in [0.15, 0.2) is 0 Å². The molecule has 0 aliphatic heterocycles. The van der Waals surface area contributed by atoms with Crippen molar-refractivity contribution in [3.8, 4) is 0 Å². The van der Waals surface area contributed by atoms with Crippen LogP contribution in [0.2, 0.25) is 0 Å². The molecule has 0 aromatic carbocycles. The molecule has 1 amide bonds. The lowest BCUT2D eigenvalue weighted by molar-refractivity contribution is -0.123. The molecular formula is C11H20BrNOS. The average Bonchev–Trinajstić information content (AvgIpc) is 2.17. The molecule has 0 radical (unpaired) electrons. The number of hydrogen-bond donors (Lipinski definition) is 1. The highest BCUT2D eigenvalue weighted by Crippen LogP contribution is 2.27. The summed E-state index contributed by atoms with van der Waals surface area (Å²) >= 11 is 5.33. The Morgan fingerprint density at radius 2 is 1.87 bits per heavy atom. The highest BCUT2D eigenvalue weighted by molar-refractivity contribution is 9.10. The summed E-state index contributed by atoms with van der Waals surface area (Å²) in [5.41, 5.74) is 0. The maximum atomic E-state index is 11.7. The van der Waals surface area contributed by atoms with Gasteiger partial charge in [-0.1, -0.05) is 15.9 Å². The zero-order valence-electron chi connectivity index (χ0n) is 9.68. The van der Waals surface area contributed by atoms with Crippen LogP contribution in [-0.2, 0) is 4.79 Å². The molecule has 0 spiro atoms. The van der Waals surface area contributed by atoms with Gasteiger partial charge in [0.05, 0.1) is 4.32 Å². The quantitative estimate of drug-likeness (QED) is 0.811. The van der Waals surface area contributed by atoms with Gasteiger partial charge in [-0.3, -0.25) is 4.79 Å². The van der Waals surface area contributed by atoms with Crippen LogP contribution >= 0.6 is 27.7 Å². The molecule has 1 rings (SSSR count). The zero-order valence-corrected chi connectivity index (χ0v) is 12.1. The number of carbonyl (C=O) groups is 1. The van der Waals surface area contributed by atoms with Gasteiger partial charge >= 0.3 is 0 Å². The van der Waals surface area contributed by atoms with E-state index >= 15 is 0 Å². The first-order valence-electron chi connectivity index (χ1n) is 5.46. The van der Waals surface area contributed by atoms with Crippen LogP contribution in [0, 0.1) is 0 Å². The Labute approximate surface area is 105 Å². The monoisotopic (exact) mass is 293 g/mol. The summed E-state index contributed by atoms with van der Waals surface area (Å²) in [6.07, 6.45) is 6.88. The standard InChI is InChI=1S/C11H20BrNOS/c1-11(2,12)10(14)13-8-4-6-9(15-3)7-5-8/h8-9H,4-7H2,1-3H3,(H,13,14). The molecule has 4 heteroatoms. The van der Waals surface area contributed by atoms with Gasteiger partial charge in [-0.2, -0.15) is 11.8 Å². The van der Waals surface area contributed by atoms with Crippen molar-refractivity contribution in [2.24, 2.45) is 0 Å². The third-order valence-corrected chi connectivity index (χ3v) is 4.38. The van der Waals surface area contributed by atoms with E-state index in [2.05, 4.69) is 27.5 Å². The molecule has 0 atom stereocenters. The summed E-state index contributed by atoms with van der Waals surface area (Å²) < 4.78 is -0.441. The first-order valence-corrected chi connectivity index (χ1v) is 7.54. The van der Waals surface area contributed by atoms with E-state index in [0.29, 0.717) is 6.04 Å². The van der Waals surface area contributed by atoms with E-state index in [1.54, 1.807) is 0 Å². The molecule has 0 saturated heterocycles. The Hall–Kier alpha value is 0.300. The molecule has 0 heterocycles. The number of nitrogens with one attached hydrogen (secondary N) is 1. The molecule has 0 aromatic rings. The van der Waals surface area contributed by atoms with Crippen molar-refractivity contribution in [2.75, 3.05) is 6.26 Å². The third kappa shape index (κ3) is 4.35. The number of halogens is 1. The Balaban J connectivity index is 2.33. The highest BCUT2D eigenvalue weighted by atomic mass is 79.9. The fourth-order valence-electron chi connectivity index (χ4n) is 1.80. The zero-order chi connectivity index (χ0) is 11.5. The SMILES string of the molecule is CSC1CCC(NC(=O)C(C)(C)Br)CC1. The van der Waals surface area contributed by atoms with Gasteiger partial charge in [-0.15, -0.1) is 0 Å². The number of amides is 1. The topological polar surface area (TPSA) is 29.1 Å². The molecule has 2 nitrogen and oxygen atoms in total. The molecule has 0 unspecified atom stereocenters. The predicted octanol–water partition coefficient (Wildman–Crippen LogP) is 2.95. The van der Waals surface area contributed by atoms with Gasteiger partial charge in [-0.05, 0) is 45.8 Å². The molecule has 0 aromatic heterocycles. The van der Waals surface area contributed by atoms with E-state index in [4.69, 9.17) is 0 Å². The summed E-state index contributed by atoms with van der Waals surface area (Å²) in [7, 11) is 0. The molecule has 1 fully saturated rings. The van der Waals surface area contributed by atoms with Crippen molar-refractivity contribution in [2.45, 2.75) is 55.1 Å². The van der Waals surface area contributed by atoms with Crippen molar-refractivity contribution >= 4 is 33.6 Å². The normalized spacial score (nSPS) is 27.5. The maximum absolute atomic E-state index is 11.7. The van der Waals surface area contributed by atoms with E-state index < -0.39 is 4.32 Å². The van der Waals surface area contributed by atoms with Crippen LogP contribution in [-0.4, -0.2) is 27.8 Å². The molecule has 0 bridgehead atoms. The Bertz CT molecular complexity index is 219. The second-order valence-electron chi connectivity index (χ2n) is 4.66. The summed E-state index contributed by atoms with van der Waals surface area (Å²) in [5.74, 6) is 0.107. The van der Waals surface area contributed by atoms with Crippen LogP contribution in [0.3, 0.4) is 0 Å². The highest BCUT2D eigenvalue weighted by Gasteiger charge is 2.28. The largest absolute Gasteiger partial charge is 0.352 e. The van der Waals surface area contributed by atoms with Crippen LogP contribution in [0.15, 0.2) is 0 Å². The van der Waals surface area contributed by atoms with Crippen molar-refractivity contribution in [1.29, 1.82) is 0 Å².